The summed E-state index contributed by atoms with van der Waals surface area (Å²) in [7, 11) is 0. The standard InChI is InChI=1S/C14H11N5O2/c15-12-8-10(19(20)21)6-7-11(12)14-16-13(17-18-14)9-4-2-1-3-5-9/h1-8H,15H2,(H,16,17,18). The number of aromatic amines is 1. The molecule has 0 unspecified atom stereocenters. The summed E-state index contributed by atoms with van der Waals surface area (Å²) >= 11 is 0. The molecule has 104 valence electrons. The van der Waals surface area contributed by atoms with Gasteiger partial charge < -0.3 is 5.73 Å². The summed E-state index contributed by atoms with van der Waals surface area (Å²) in [5, 5.41) is 17.6. The Balaban J connectivity index is 1.99. The Morgan fingerprint density at radius 3 is 2.57 bits per heavy atom. The second kappa shape index (κ2) is 5.04. The van der Waals surface area contributed by atoms with Gasteiger partial charge in [-0.15, -0.1) is 0 Å². The summed E-state index contributed by atoms with van der Waals surface area (Å²) in [5.74, 6) is 1.02. The molecule has 0 bridgehead atoms. The van der Waals surface area contributed by atoms with Gasteiger partial charge in [0, 0.05) is 28.9 Å². The van der Waals surface area contributed by atoms with Crippen molar-refractivity contribution in [2.75, 3.05) is 5.73 Å². The number of H-pyrrole nitrogens is 1. The Morgan fingerprint density at radius 2 is 1.90 bits per heavy atom. The minimum absolute atomic E-state index is 0.0564. The van der Waals surface area contributed by atoms with Crippen LogP contribution in [-0.4, -0.2) is 20.1 Å². The zero-order chi connectivity index (χ0) is 14.8. The first-order valence-corrected chi connectivity index (χ1v) is 6.17. The molecule has 0 amide bonds. The van der Waals surface area contributed by atoms with Crippen LogP contribution in [0.3, 0.4) is 0 Å². The Hall–Kier alpha value is -3.22. The molecule has 3 aromatic rings. The molecule has 0 saturated heterocycles. The van der Waals surface area contributed by atoms with Crippen LogP contribution in [0.2, 0.25) is 0 Å². The molecule has 7 nitrogen and oxygen atoms in total. The third-order valence-electron chi connectivity index (χ3n) is 3.02. The van der Waals surface area contributed by atoms with Gasteiger partial charge in [0.1, 0.15) is 0 Å². The number of hydrogen-bond acceptors (Lipinski definition) is 5. The smallest absolute Gasteiger partial charge is 0.271 e. The predicted octanol–water partition coefficient (Wildman–Crippen LogP) is 2.63. The van der Waals surface area contributed by atoms with Crippen molar-refractivity contribution >= 4 is 11.4 Å². The molecule has 3 rings (SSSR count). The molecule has 7 heteroatoms. The van der Waals surface area contributed by atoms with E-state index in [1.165, 1.54) is 12.1 Å². The zero-order valence-corrected chi connectivity index (χ0v) is 10.9. The molecular formula is C14H11N5O2. The highest BCUT2D eigenvalue weighted by atomic mass is 16.6. The summed E-state index contributed by atoms with van der Waals surface area (Å²) in [5.41, 5.74) is 7.52. The molecule has 2 aromatic carbocycles. The van der Waals surface area contributed by atoms with E-state index in [9.17, 15) is 10.1 Å². The summed E-state index contributed by atoms with van der Waals surface area (Å²) < 4.78 is 0. The van der Waals surface area contributed by atoms with Gasteiger partial charge in [0.15, 0.2) is 11.6 Å². The van der Waals surface area contributed by atoms with E-state index in [-0.39, 0.29) is 11.4 Å². The lowest BCUT2D eigenvalue weighted by Gasteiger charge is -2.01. The highest BCUT2D eigenvalue weighted by molar-refractivity contribution is 5.74. The number of rotatable bonds is 3. The van der Waals surface area contributed by atoms with Crippen molar-refractivity contribution in [2.24, 2.45) is 0 Å². The van der Waals surface area contributed by atoms with E-state index in [2.05, 4.69) is 15.2 Å². The van der Waals surface area contributed by atoms with Crippen molar-refractivity contribution in [3.8, 4) is 22.8 Å². The normalized spacial score (nSPS) is 10.5. The summed E-state index contributed by atoms with van der Waals surface area (Å²) in [4.78, 5) is 14.6. The number of hydrogen-bond donors (Lipinski definition) is 2. The second-order valence-electron chi connectivity index (χ2n) is 4.40. The van der Waals surface area contributed by atoms with Gasteiger partial charge in [-0.2, -0.15) is 5.10 Å². The van der Waals surface area contributed by atoms with Crippen LogP contribution < -0.4 is 5.73 Å². The first-order valence-electron chi connectivity index (χ1n) is 6.17. The van der Waals surface area contributed by atoms with E-state index >= 15 is 0 Å². The Bertz CT molecular complexity index is 798. The van der Waals surface area contributed by atoms with Crippen LogP contribution in [-0.2, 0) is 0 Å². The van der Waals surface area contributed by atoms with Crippen LogP contribution in [0.1, 0.15) is 0 Å². The molecule has 0 aliphatic carbocycles. The van der Waals surface area contributed by atoms with Gasteiger partial charge >= 0.3 is 0 Å². The topological polar surface area (TPSA) is 111 Å². The van der Waals surface area contributed by atoms with Crippen LogP contribution in [0.5, 0.6) is 0 Å². The van der Waals surface area contributed by atoms with Crippen molar-refractivity contribution < 1.29 is 4.92 Å². The average Bonchev–Trinajstić information content (AvgIpc) is 2.97. The Kier molecular flexibility index (Phi) is 3.07. The maximum Gasteiger partial charge on any atom is 0.271 e. The zero-order valence-electron chi connectivity index (χ0n) is 10.9. The van der Waals surface area contributed by atoms with Crippen molar-refractivity contribution in [1.82, 2.24) is 15.2 Å². The molecule has 3 N–H and O–H groups in total. The fourth-order valence-corrected chi connectivity index (χ4v) is 1.98. The molecule has 0 spiro atoms. The second-order valence-corrected chi connectivity index (χ2v) is 4.40. The van der Waals surface area contributed by atoms with Crippen LogP contribution in [0.25, 0.3) is 22.8 Å². The molecule has 0 aliphatic heterocycles. The number of nitrogen functional groups attached to an aromatic ring is 1. The predicted molar refractivity (Wildman–Crippen MR) is 78.3 cm³/mol. The van der Waals surface area contributed by atoms with E-state index in [0.717, 1.165) is 5.56 Å². The lowest BCUT2D eigenvalue weighted by Crippen LogP contribution is -1.95. The number of benzene rings is 2. The van der Waals surface area contributed by atoms with E-state index < -0.39 is 4.92 Å². The SMILES string of the molecule is Nc1cc([N+](=O)[O-])ccc1-c1nc(-c2ccccc2)n[nH]1. The van der Waals surface area contributed by atoms with Crippen molar-refractivity contribution in [3.63, 3.8) is 0 Å². The van der Waals surface area contributed by atoms with Gasteiger partial charge in [-0.1, -0.05) is 30.3 Å². The lowest BCUT2D eigenvalue weighted by molar-refractivity contribution is -0.384. The molecule has 0 aliphatic rings. The summed E-state index contributed by atoms with van der Waals surface area (Å²) in [6.07, 6.45) is 0. The molecular weight excluding hydrogens is 270 g/mol. The number of nitrogens with one attached hydrogen (secondary N) is 1. The van der Waals surface area contributed by atoms with Crippen LogP contribution >= 0.6 is 0 Å². The van der Waals surface area contributed by atoms with Gasteiger partial charge in [0.05, 0.1) is 4.92 Å². The molecule has 21 heavy (non-hydrogen) atoms. The van der Waals surface area contributed by atoms with Crippen LogP contribution in [0, 0.1) is 10.1 Å². The monoisotopic (exact) mass is 281 g/mol. The van der Waals surface area contributed by atoms with Gasteiger partial charge in [0.2, 0.25) is 0 Å². The highest BCUT2D eigenvalue weighted by Gasteiger charge is 2.13. The van der Waals surface area contributed by atoms with Gasteiger partial charge in [0.25, 0.3) is 5.69 Å². The van der Waals surface area contributed by atoms with Gasteiger partial charge in [-0.05, 0) is 6.07 Å². The third-order valence-corrected chi connectivity index (χ3v) is 3.02. The highest BCUT2D eigenvalue weighted by Crippen LogP contribution is 2.28. The Labute approximate surface area is 119 Å². The fraction of sp³-hybridized carbons (Fsp3) is 0. The van der Waals surface area contributed by atoms with Crippen molar-refractivity contribution in [3.05, 3.63) is 58.6 Å². The van der Waals surface area contributed by atoms with Crippen molar-refractivity contribution in [1.29, 1.82) is 0 Å². The lowest BCUT2D eigenvalue weighted by atomic mass is 10.1. The number of nitro groups is 1. The minimum atomic E-state index is -0.490. The van der Waals surface area contributed by atoms with Gasteiger partial charge in [-0.3, -0.25) is 15.2 Å². The molecule has 0 atom stereocenters. The number of nitro benzene ring substituents is 1. The maximum atomic E-state index is 10.7. The molecule has 0 saturated carbocycles. The van der Waals surface area contributed by atoms with Crippen molar-refractivity contribution in [2.45, 2.75) is 0 Å². The largest absolute Gasteiger partial charge is 0.398 e. The van der Waals surface area contributed by atoms with Crippen LogP contribution in [0.4, 0.5) is 11.4 Å². The maximum absolute atomic E-state index is 10.7. The first kappa shape index (κ1) is 12.8. The quantitative estimate of drug-likeness (QED) is 0.435. The summed E-state index contributed by atoms with van der Waals surface area (Å²) in [6.45, 7) is 0. The fourth-order valence-electron chi connectivity index (χ4n) is 1.98. The Morgan fingerprint density at radius 1 is 1.14 bits per heavy atom. The van der Waals surface area contributed by atoms with E-state index in [4.69, 9.17) is 5.73 Å². The summed E-state index contributed by atoms with van der Waals surface area (Å²) in [6, 6.07) is 13.7. The van der Waals surface area contributed by atoms with E-state index in [1.54, 1.807) is 6.07 Å². The molecule has 1 aromatic heterocycles. The van der Waals surface area contributed by atoms with E-state index in [1.807, 2.05) is 30.3 Å². The van der Waals surface area contributed by atoms with Crippen LogP contribution in [0.15, 0.2) is 48.5 Å². The van der Waals surface area contributed by atoms with E-state index in [0.29, 0.717) is 17.2 Å². The molecule has 0 radical (unpaired) electrons. The number of non-ortho nitro benzene ring substituents is 1. The number of aromatic nitrogens is 3. The number of nitrogens with zero attached hydrogens (tertiary/aromatic N) is 3. The number of nitrogens with two attached hydrogens (primary N) is 1. The first-order chi connectivity index (χ1) is 10.1. The molecule has 1 heterocycles. The third kappa shape index (κ3) is 2.44. The average molecular weight is 281 g/mol. The molecule has 0 fully saturated rings. The number of anilines is 1. The minimum Gasteiger partial charge on any atom is -0.398 e. The van der Waals surface area contributed by atoms with Gasteiger partial charge in [-0.25, -0.2) is 4.98 Å².